The summed E-state index contributed by atoms with van der Waals surface area (Å²) in [4.78, 5) is 19.1. The molecular weight excluding hydrogens is 432 g/mol. The summed E-state index contributed by atoms with van der Waals surface area (Å²) in [6.07, 6.45) is 8.40. The molecule has 1 aromatic carbocycles. The Hall–Kier alpha value is -2.41. The summed E-state index contributed by atoms with van der Waals surface area (Å²) in [5.74, 6) is 0. The van der Waals surface area contributed by atoms with Gasteiger partial charge in [0, 0.05) is 24.5 Å². The number of amides is 1. The molecule has 0 saturated carbocycles. The summed E-state index contributed by atoms with van der Waals surface area (Å²) in [5.41, 5.74) is 3.49. The molecule has 0 radical (unpaired) electrons. The smallest absolute Gasteiger partial charge is 0.410 e. The van der Waals surface area contributed by atoms with Gasteiger partial charge in [-0.25, -0.2) is 14.3 Å². The van der Waals surface area contributed by atoms with Crippen molar-refractivity contribution in [3.8, 4) is 11.1 Å². The number of piperidine rings is 1. The highest BCUT2D eigenvalue weighted by atomic mass is 79.9. The van der Waals surface area contributed by atoms with Crippen LogP contribution in [0.1, 0.15) is 51.6 Å². The second-order valence-electron chi connectivity index (χ2n) is 8.41. The number of carbonyl (C=O) groups is 1. The lowest BCUT2D eigenvalue weighted by Crippen LogP contribution is -2.41. The highest BCUT2D eigenvalue weighted by Gasteiger charge is 2.31. The van der Waals surface area contributed by atoms with E-state index < -0.39 is 5.60 Å². The maximum absolute atomic E-state index is 12.7. The Labute approximate surface area is 179 Å². The van der Waals surface area contributed by atoms with E-state index in [0.717, 1.165) is 52.6 Å². The summed E-state index contributed by atoms with van der Waals surface area (Å²) >= 11 is 3.45. The summed E-state index contributed by atoms with van der Waals surface area (Å²) in [6.45, 7) is 6.45. The monoisotopic (exact) mass is 456 g/mol. The van der Waals surface area contributed by atoms with Gasteiger partial charge < -0.3 is 9.64 Å². The molecule has 2 aromatic heterocycles. The number of hydrogen-bond donors (Lipinski definition) is 0. The minimum atomic E-state index is -0.490. The number of fused-ring (bicyclic) bond motifs is 1. The topological polar surface area (TPSA) is 59.7 Å². The zero-order chi connectivity index (χ0) is 20.6. The van der Waals surface area contributed by atoms with Gasteiger partial charge in [0.25, 0.3) is 0 Å². The number of carbonyl (C=O) groups excluding carboxylic acids is 1. The van der Waals surface area contributed by atoms with Gasteiger partial charge in [0.2, 0.25) is 0 Å². The predicted molar refractivity (Wildman–Crippen MR) is 116 cm³/mol. The van der Waals surface area contributed by atoms with Crippen LogP contribution < -0.4 is 0 Å². The maximum Gasteiger partial charge on any atom is 0.410 e. The zero-order valence-corrected chi connectivity index (χ0v) is 18.5. The number of halogens is 1. The maximum atomic E-state index is 12.7. The van der Waals surface area contributed by atoms with Crippen LogP contribution in [0, 0.1) is 0 Å². The van der Waals surface area contributed by atoms with Gasteiger partial charge in [-0.05, 0) is 67.1 Å². The molecule has 1 fully saturated rings. The van der Waals surface area contributed by atoms with Crippen LogP contribution >= 0.6 is 15.9 Å². The van der Waals surface area contributed by atoms with Gasteiger partial charge in [0.1, 0.15) is 5.60 Å². The first-order chi connectivity index (χ1) is 13.8. The fourth-order valence-corrected chi connectivity index (χ4v) is 4.09. The third kappa shape index (κ3) is 4.29. The zero-order valence-electron chi connectivity index (χ0n) is 16.9. The molecule has 1 unspecified atom stereocenters. The Bertz CT molecular complexity index is 1020. The van der Waals surface area contributed by atoms with Gasteiger partial charge in [0.05, 0.1) is 16.7 Å². The second kappa shape index (κ2) is 7.78. The van der Waals surface area contributed by atoms with Crippen LogP contribution in [0.25, 0.3) is 16.8 Å². The average molecular weight is 457 g/mol. The predicted octanol–water partition coefficient (Wildman–Crippen LogP) is 5.62. The van der Waals surface area contributed by atoms with E-state index in [0.29, 0.717) is 0 Å². The molecule has 0 spiro atoms. The number of rotatable bonds is 2. The third-order valence-electron chi connectivity index (χ3n) is 5.07. The number of likely N-dealkylation sites (tertiary alicyclic amines) is 1. The Balaban J connectivity index is 1.57. The Morgan fingerprint density at radius 1 is 1.14 bits per heavy atom. The Kier molecular flexibility index (Phi) is 5.34. The van der Waals surface area contributed by atoms with E-state index in [4.69, 9.17) is 4.74 Å². The highest BCUT2D eigenvalue weighted by Crippen LogP contribution is 2.33. The van der Waals surface area contributed by atoms with Crippen molar-refractivity contribution < 1.29 is 9.53 Å². The quantitative estimate of drug-likeness (QED) is 0.501. The molecule has 6 nitrogen and oxygen atoms in total. The van der Waals surface area contributed by atoms with Crippen LogP contribution in [0.3, 0.4) is 0 Å². The van der Waals surface area contributed by atoms with E-state index in [1.54, 1.807) is 10.7 Å². The Morgan fingerprint density at radius 3 is 2.62 bits per heavy atom. The van der Waals surface area contributed by atoms with Crippen LogP contribution in [0.2, 0.25) is 0 Å². The minimum absolute atomic E-state index is 0.0512. The van der Waals surface area contributed by atoms with Crippen molar-refractivity contribution in [3.05, 3.63) is 52.9 Å². The van der Waals surface area contributed by atoms with Gasteiger partial charge in [-0.3, -0.25) is 0 Å². The molecule has 3 aromatic rings. The Morgan fingerprint density at radius 2 is 1.90 bits per heavy atom. The minimum Gasteiger partial charge on any atom is -0.444 e. The number of ether oxygens (including phenoxy) is 1. The van der Waals surface area contributed by atoms with Crippen molar-refractivity contribution in [2.45, 2.75) is 51.7 Å². The summed E-state index contributed by atoms with van der Waals surface area (Å²) in [5, 5.41) is 4.30. The SMILES string of the molecule is CC(C)(C)OC(=O)N1CCCCC1c1ccc(-c2cnc3c(Br)cnn3c2)cc1. The number of nitrogens with zero attached hydrogens (tertiary/aromatic N) is 4. The van der Waals surface area contributed by atoms with Gasteiger partial charge in [0.15, 0.2) is 5.65 Å². The van der Waals surface area contributed by atoms with Crippen LogP contribution in [0.15, 0.2) is 47.3 Å². The van der Waals surface area contributed by atoms with Crippen molar-refractivity contribution in [2.75, 3.05) is 6.54 Å². The molecule has 0 bridgehead atoms. The van der Waals surface area contributed by atoms with Crippen molar-refractivity contribution in [1.29, 1.82) is 0 Å². The molecule has 1 aliphatic rings. The van der Waals surface area contributed by atoms with Crippen molar-refractivity contribution in [1.82, 2.24) is 19.5 Å². The van der Waals surface area contributed by atoms with Gasteiger partial charge in [-0.15, -0.1) is 0 Å². The lowest BCUT2D eigenvalue weighted by molar-refractivity contribution is 0.00952. The van der Waals surface area contributed by atoms with Crippen LogP contribution in [0.5, 0.6) is 0 Å². The first-order valence-corrected chi connectivity index (χ1v) is 10.7. The lowest BCUT2D eigenvalue weighted by Gasteiger charge is -2.37. The molecule has 152 valence electrons. The highest BCUT2D eigenvalue weighted by molar-refractivity contribution is 9.10. The number of benzene rings is 1. The fourth-order valence-electron chi connectivity index (χ4n) is 3.71. The number of hydrogen-bond acceptors (Lipinski definition) is 4. The molecule has 1 atom stereocenters. The molecule has 1 amide bonds. The standard InChI is InChI=1S/C22H25BrN4O2/c1-22(2,3)29-21(28)26-11-5-4-6-19(26)16-9-7-15(8-10-16)17-12-24-20-18(23)13-25-27(20)14-17/h7-10,12-14,19H,4-6,11H2,1-3H3. The van der Waals surface area contributed by atoms with Gasteiger partial charge >= 0.3 is 6.09 Å². The van der Waals surface area contributed by atoms with Gasteiger partial charge in [-0.2, -0.15) is 5.10 Å². The molecule has 7 heteroatoms. The van der Waals surface area contributed by atoms with E-state index >= 15 is 0 Å². The molecule has 1 saturated heterocycles. The first kappa shape index (κ1) is 19.9. The van der Waals surface area contributed by atoms with E-state index in [1.807, 2.05) is 38.1 Å². The summed E-state index contributed by atoms with van der Waals surface area (Å²) < 4.78 is 8.27. The molecule has 29 heavy (non-hydrogen) atoms. The average Bonchev–Trinajstić information content (AvgIpc) is 3.07. The molecule has 3 heterocycles. The second-order valence-corrected chi connectivity index (χ2v) is 9.26. The fraction of sp³-hybridized carbons (Fsp3) is 0.409. The molecule has 4 rings (SSSR count). The van der Waals surface area contributed by atoms with E-state index in [1.165, 1.54) is 0 Å². The van der Waals surface area contributed by atoms with Crippen LogP contribution in [0.4, 0.5) is 4.79 Å². The van der Waals surface area contributed by atoms with Crippen molar-refractivity contribution in [3.63, 3.8) is 0 Å². The third-order valence-corrected chi connectivity index (χ3v) is 5.63. The van der Waals surface area contributed by atoms with E-state index in [9.17, 15) is 4.79 Å². The molecule has 1 aliphatic heterocycles. The van der Waals surface area contributed by atoms with E-state index in [2.05, 4.69) is 50.3 Å². The molecule has 0 aliphatic carbocycles. The van der Waals surface area contributed by atoms with Crippen LogP contribution in [-0.2, 0) is 4.74 Å². The summed E-state index contributed by atoms with van der Waals surface area (Å²) in [6, 6.07) is 8.42. The molecular formula is C22H25BrN4O2. The molecule has 0 N–H and O–H groups in total. The number of aromatic nitrogens is 3. The largest absolute Gasteiger partial charge is 0.444 e. The van der Waals surface area contributed by atoms with Crippen LogP contribution in [-0.4, -0.2) is 37.7 Å². The van der Waals surface area contributed by atoms with E-state index in [-0.39, 0.29) is 12.1 Å². The summed E-state index contributed by atoms with van der Waals surface area (Å²) in [7, 11) is 0. The normalized spacial score (nSPS) is 17.5. The first-order valence-electron chi connectivity index (χ1n) is 9.91. The lowest BCUT2D eigenvalue weighted by atomic mass is 9.94. The van der Waals surface area contributed by atoms with Crippen molar-refractivity contribution >= 4 is 27.7 Å². The van der Waals surface area contributed by atoms with Gasteiger partial charge in [-0.1, -0.05) is 24.3 Å². The van der Waals surface area contributed by atoms with Crippen molar-refractivity contribution in [2.24, 2.45) is 0 Å².